The average molecular weight is 270 g/mol. The highest BCUT2D eigenvalue weighted by molar-refractivity contribution is 7.91. The lowest BCUT2D eigenvalue weighted by molar-refractivity contribution is 0.595. The number of aromatic nitrogens is 1. The predicted molar refractivity (Wildman–Crippen MR) is 64.0 cm³/mol. The lowest BCUT2D eigenvalue weighted by Crippen LogP contribution is -2.14. The van der Waals surface area contributed by atoms with Gasteiger partial charge in [0.15, 0.2) is 0 Å². The summed E-state index contributed by atoms with van der Waals surface area (Å²) in [7, 11) is -3.79. The van der Waals surface area contributed by atoms with Gasteiger partial charge in [-0.3, -0.25) is 4.79 Å². The van der Waals surface area contributed by atoms with E-state index in [1.54, 1.807) is 0 Å². The Morgan fingerprint density at radius 1 is 1.06 bits per heavy atom. The lowest BCUT2D eigenvalue weighted by Gasteiger charge is -2.03. The predicted octanol–water partition coefficient (Wildman–Crippen LogP) is 1.86. The number of halogens is 1. The molecule has 1 aromatic heterocycles. The molecular weight excluding hydrogens is 262 g/mol. The van der Waals surface area contributed by atoms with Crippen molar-refractivity contribution in [2.24, 2.45) is 0 Å². The minimum absolute atomic E-state index is 0.0404. The summed E-state index contributed by atoms with van der Waals surface area (Å²) in [5.74, 6) is 0. The van der Waals surface area contributed by atoms with Gasteiger partial charge in [-0.15, -0.1) is 0 Å². The number of nitrogens with one attached hydrogen (secondary N) is 1. The van der Waals surface area contributed by atoms with E-state index in [1.807, 2.05) is 0 Å². The number of aromatic amines is 1. The summed E-state index contributed by atoms with van der Waals surface area (Å²) >= 11 is 5.68. The highest BCUT2D eigenvalue weighted by Gasteiger charge is 2.20. The molecule has 0 fully saturated rings. The van der Waals surface area contributed by atoms with Gasteiger partial charge in [0.2, 0.25) is 15.3 Å². The first-order valence-electron chi connectivity index (χ1n) is 4.69. The molecule has 0 radical (unpaired) electrons. The van der Waals surface area contributed by atoms with Gasteiger partial charge >= 0.3 is 0 Å². The maximum atomic E-state index is 12.1. The topological polar surface area (TPSA) is 67.0 Å². The second kappa shape index (κ2) is 4.35. The summed E-state index contributed by atoms with van der Waals surface area (Å²) < 4.78 is 24.2. The molecule has 1 N–H and O–H groups in total. The van der Waals surface area contributed by atoms with Gasteiger partial charge < -0.3 is 4.98 Å². The van der Waals surface area contributed by atoms with Crippen LogP contribution >= 0.6 is 11.6 Å². The van der Waals surface area contributed by atoms with Crippen molar-refractivity contribution in [1.82, 2.24) is 4.98 Å². The molecule has 17 heavy (non-hydrogen) atoms. The Balaban J connectivity index is 2.62. The van der Waals surface area contributed by atoms with E-state index >= 15 is 0 Å². The molecular formula is C11H8ClNO3S. The molecule has 0 aliphatic carbocycles. The number of hydrogen-bond donors (Lipinski definition) is 1. The lowest BCUT2D eigenvalue weighted by atomic mass is 10.4. The third-order valence-electron chi connectivity index (χ3n) is 2.20. The fraction of sp³-hybridized carbons (Fsp3) is 0. The molecule has 2 aromatic rings. The number of benzene rings is 1. The van der Waals surface area contributed by atoms with Crippen LogP contribution in [0.1, 0.15) is 0 Å². The Bertz CT molecular complexity index is 689. The third-order valence-corrected chi connectivity index (χ3v) is 4.24. The quantitative estimate of drug-likeness (QED) is 0.905. The second-order valence-corrected chi connectivity index (χ2v) is 5.68. The number of hydrogen-bond acceptors (Lipinski definition) is 3. The summed E-state index contributed by atoms with van der Waals surface area (Å²) in [6.45, 7) is 0. The number of pyridine rings is 1. The number of rotatable bonds is 2. The molecule has 6 heteroatoms. The van der Waals surface area contributed by atoms with Crippen LogP contribution in [0.5, 0.6) is 0 Å². The molecule has 0 atom stereocenters. The maximum Gasteiger partial charge on any atom is 0.211 e. The highest BCUT2D eigenvalue weighted by Crippen LogP contribution is 2.19. The molecule has 0 saturated carbocycles. The summed E-state index contributed by atoms with van der Waals surface area (Å²) in [5, 5.41) is 0.436. The van der Waals surface area contributed by atoms with E-state index in [0.717, 1.165) is 0 Å². The SMILES string of the molecule is O=c1cc[nH]cc1S(=O)(=O)c1ccc(Cl)cc1. The van der Waals surface area contributed by atoms with Crippen LogP contribution in [0.25, 0.3) is 0 Å². The van der Waals surface area contributed by atoms with Crippen LogP contribution in [0.4, 0.5) is 0 Å². The Kier molecular flexibility index (Phi) is 3.04. The molecule has 0 saturated heterocycles. The summed E-state index contributed by atoms with van der Waals surface area (Å²) in [5.41, 5.74) is -0.543. The van der Waals surface area contributed by atoms with E-state index in [-0.39, 0.29) is 9.79 Å². The largest absolute Gasteiger partial charge is 0.366 e. The minimum atomic E-state index is -3.79. The van der Waals surface area contributed by atoms with Crippen LogP contribution in [0.3, 0.4) is 0 Å². The molecule has 1 heterocycles. The summed E-state index contributed by atoms with van der Waals surface area (Å²) in [4.78, 5) is 13.8. The fourth-order valence-electron chi connectivity index (χ4n) is 1.35. The smallest absolute Gasteiger partial charge is 0.211 e. The Hall–Kier alpha value is -1.59. The molecule has 88 valence electrons. The number of H-pyrrole nitrogens is 1. The molecule has 1 aromatic carbocycles. The van der Waals surface area contributed by atoms with Crippen LogP contribution in [0.15, 0.2) is 57.3 Å². The van der Waals surface area contributed by atoms with Gasteiger partial charge in [0.25, 0.3) is 0 Å². The highest BCUT2D eigenvalue weighted by atomic mass is 35.5. The van der Waals surface area contributed by atoms with Gasteiger partial charge in [-0.1, -0.05) is 11.6 Å². The van der Waals surface area contributed by atoms with E-state index in [0.29, 0.717) is 5.02 Å². The van der Waals surface area contributed by atoms with Gasteiger partial charge in [0.1, 0.15) is 4.90 Å². The van der Waals surface area contributed by atoms with Crippen molar-refractivity contribution in [2.75, 3.05) is 0 Å². The normalized spacial score (nSPS) is 11.4. The third kappa shape index (κ3) is 2.25. The molecule has 0 bridgehead atoms. The molecule has 0 aliphatic heterocycles. The van der Waals surface area contributed by atoms with Crippen molar-refractivity contribution < 1.29 is 8.42 Å². The first kappa shape index (κ1) is 11.9. The molecule has 0 unspecified atom stereocenters. The van der Waals surface area contributed by atoms with Crippen LogP contribution in [0.2, 0.25) is 5.02 Å². The van der Waals surface area contributed by atoms with Gasteiger partial charge in [-0.2, -0.15) is 0 Å². The van der Waals surface area contributed by atoms with Crippen molar-refractivity contribution in [3.63, 3.8) is 0 Å². The van der Waals surface area contributed by atoms with Crippen LogP contribution < -0.4 is 5.43 Å². The monoisotopic (exact) mass is 269 g/mol. The van der Waals surface area contributed by atoms with E-state index in [9.17, 15) is 13.2 Å². The number of sulfone groups is 1. The molecule has 0 amide bonds. The van der Waals surface area contributed by atoms with Gasteiger partial charge in [-0.05, 0) is 24.3 Å². The molecule has 0 aliphatic rings. The van der Waals surface area contributed by atoms with E-state index < -0.39 is 15.3 Å². The molecule has 4 nitrogen and oxygen atoms in total. The van der Waals surface area contributed by atoms with E-state index in [1.165, 1.54) is 42.7 Å². The van der Waals surface area contributed by atoms with Crippen molar-refractivity contribution >= 4 is 21.4 Å². The van der Waals surface area contributed by atoms with Gasteiger partial charge in [-0.25, -0.2) is 8.42 Å². The van der Waals surface area contributed by atoms with Gasteiger partial charge in [0, 0.05) is 23.5 Å². The van der Waals surface area contributed by atoms with Gasteiger partial charge in [0.05, 0.1) is 4.90 Å². The standard InChI is InChI=1S/C11H8ClNO3S/c12-8-1-3-9(4-2-8)17(15,16)11-7-13-6-5-10(11)14/h1-7H,(H,13,14). The maximum absolute atomic E-state index is 12.1. The van der Waals surface area contributed by atoms with Crippen LogP contribution in [-0.4, -0.2) is 13.4 Å². The second-order valence-electron chi connectivity index (χ2n) is 3.33. The zero-order chi connectivity index (χ0) is 12.5. The van der Waals surface area contributed by atoms with Crippen molar-refractivity contribution in [3.8, 4) is 0 Å². The van der Waals surface area contributed by atoms with Crippen molar-refractivity contribution in [1.29, 1.82) is 0 Å². The zero-order valence-corrected chi connectivity index (χ0v) is 10.1. The Labute approximate surface area is 103 Å². The zero-order valence-electron chi connectivity index (χ0n) is 8.55. The average Bonchev–Trinajstić information content (AvgIpc) is 2.30. The van der Waals surface area contributed by atoms with Crippen molar-refractivity contribution in [2.45, 2.75) is 9.79 Å². The van der Waals surface area contributed by atoms with Crippen LogP contribution in [0, 0.1) is 0 Å². The van der Waals surface area contributed by atoms with Crippen LogP contribution in [-0.2, 0) is 9.84 Å². The Morgan fingerprint density at radius 3 is 2.29 bits per heavy atom. The minimum Gasteiger partial charge on any atom is -0.366 e. The van der Waals surface area contributed by atoms with Crippen molar-refractivity contribution in [3.05, 3.63) is 58.0 Å². The fourth-order valence-corrected chi connectivity index (χ4v) is 2.78. The molecule has 0 spiro atoms. The first-order valence-corrected chi connectivity index (χ1v) is 6.56. The Morgan fingerprint density at radius 2 is 1.71 bits per heavy atom. The summed E-state index contributed by atoms with van der Waals surface area (Å²) in [6.07, 6.45) is 2.55. The molecule has 2 rings (SSSR count). The summed E-state index contributed by atoms with van der Waals surface area (Å²) in [6, 6.07) is 6.83. The van der Waals surface area contributed by atoms with E-state index in [2.05, 4.69) is 4.98 Å². The van der Waals surface area contributed by atoms with E-state index in [4.69, 9.17) is 11.6 Å². The first-order chi connectivity index (χ1) is 8.01.